The van der Waals surface area contributed by atoms with Crippen LogP contribution in [0.4, 0.5) is 30.7 Å². The molecule has 2 aliphatic rings. The molecule has 1 saturated heterocycles. The van der Waals surface area contributed by atoms with Crippen molar-refractivity contribution in [2.75, 3.05) is 13.1 Å². The smallest absolute Gasteiger partial charge is 0.370 e. The largest absolute Gasteiger partial charge is 0.416 e. The van der Waals surface area contributed by atoms with Crippen molar-refractivity contribution in [3.05, 3.63) is 106 Å². The number of hydrogen-bond donors (Lipinski definition) is 0. The van der Waals surface area contributed by atoms with Crippen LogP contribution >= 0.6 is 0 Å². The first-order valence-electron chi connectivity index (χ1n) is 13.3. The third-order valence-electron chi connectivity index (χ3n) is 8.21. The highest BCUT2D eigenvalue weighted by molar-refractivity contribution is 5.35. The molecule has 2 nitrogen and oxygen atoms in total. The van der Waals surface area contributed by atoms with Crippen molar-refractivity contribution in [2.24, 2.45) is 11.8 Å². The molecule has 1 aliphatic carbocycles. The third kappa shape index (κ3) is 6.36. The van der Waals surface area contributed by atoms with Gasteiger partial charge in [-0.05, 0) is 78.6 Å². The first-order chi connectivity index (χ1) is 18.9. The van der Waals surface area contributed by atoms with Gasteiger partial charge in [-0.15, -0.1) is 0 Å². The molecule has 1 saturated carbocycles. The van der Waals surface area contributed by atoms with Gasteiger partial charge in [0.1, 0.15) is 5.82 Å². The van der Waals surface area contributed by atoms with Crippen molar-refractivity contribution in [1.29, 1.82) is 0 Å². The van der Waals surface area contributed by atoms with Gasteiger partial charge in [-0.25, -0.2) is 4.39 Å². The Morgan fingerprint density at radius 2 is 1.45 bits per heavy atom. The Kier molecular flexibility index (Phi) is 7.99. The maximum Gasteiger partial charge on any atom is 0.416 e. The van der Waals surface area contributed by atoms with E-state index in [0.717, 1.165) is 43.8 Å². The summed E-state index contributed by atoms with van der Waals surface area (Å²) in [5, 5.41) is 0. The number of fused-ring (bicyclic) bond motifs is 1. The molecule has 214 valence electrons. The lowest BCUT2D eigenvalue weighted by atomic mass is 9.69. The lowest BCUT2D eigenvalue weighted by molar-refractivity contribution is -0.143. The second-order valence-corrected chi connectivity index (χ2v) is 10.9. The number of rotatable bonds is 6. The summed E-state index contributed by atoms with van der Waals surface area (Å²) in [5.74, 6) is -0.0788. The predicted molar refractivity (Wildman–Crippen MR) is 137 cm³/mol. The van der Waals surface area contributed by atoms with Gasteiger partial charge in [-0.3, -0.25) is 4.90 Å². The van der Waals surface area contributed by atoms with Crippen molar-refractivity contribution in [2.45, 2.75) is 56.8 Å². The Morgan fingerprint density at radius 3 is 2.05 bits per heavy atom. The monoisotopic (exact) mass is 565 g/mol. The summed E-state index contributed by atoms with van der Waals surface area (Å²) in [6.45, 7) is 3.90. The van der Waals surface area contributed by atoms with E-state index >= 15 is 0 Å². The fraction of sp³-hybridized carbons (Fsp3) is 0.419. The van der Waals surface area contributed by atoms with Crippen molar-refractivity contribution < 1.29 is 35.5 Å². The molecule has 3 aromatic rings. The molecule has 3 aromatic carbocycles. The van der Waals surface area contributed by atoms with Crippen molar-refractivity contribution in [3.8, 4) is 0 Å². The molecule has 0 spiro atoms. The van der Waals surface area contributed by atoms with E-state index in [1.54, 1.807) is 12.1 Å². The minimum absolute atomic E-state index is 0.128. The lowest BCUT2D eigenvalue weighted by Crippen LogP contribution is -2.38. The highest BCUT2D eigenvalue weighted by atomic mass is 19.4. The number of hydrogen-bond acceptors (Lipinski definition) is 2. The minimum atomic E-state index is -4.93. The summed E-state index contributed by atoms with van der Waals surface area (Å²) in [7, 11) is 0. The van der Waals surface area contributed by atoms with Crippen LogP contribution in [0.5, 0.6) is 0 Å². The topological polar surface area (TPSA) is 12.5 Å². The van der Waals surface area contributed by atoms with E-state index in [1.165, 1.54) is 24.6 Å². The fourth-order valence-corrected chi connectivity index (χ4v) is 6.36. The molecule has 0 N–H and O–H groups in total. The van der Waals surface area contributed by atoms with Crippen LogP contribution in [-0.4, -0.2) is 24.1 Å². The van der Waals surface area contributed by atoms with E-state index in [0.29, 0.717) is 12.3 Å². The zero-order valence-electron chi connectivity index (χ0n) is 21.9. The molecule has 2 fully saturated rings. The molecule has 5 unspecified atom stereocenters. The average Bonchev–Trinajstić information content (AvgIpc) is 3.31. The summed E-state index contributed by atoms with van der Waals surface area (Å²) in [4.78, 5) is 2.37. The van der Waals surface area contributed by atoms with Crippen LogP contribution in [0.25, 0.3) is 0 Å². The molecular weight excluding hydrogens is 535 g/mol. The van der Waals surface area contributed by atoms with Gasteiger partial charge in [-0.1, -0.05) is 42.5 Å². The number of nitrogens with zero attached hydrogens (tertiary/aromatic N) is 1. The zero-order valence-corrected chi connectivity index (χ0v) is 21.9. The second-order valence-electron chi connectivity index (χ2n) is 10.9. The molecule has 1 aliphatic heterocycles. The highest BCUT2D eigenvalue weighted by Crippen LogP contribution is 2.48. The van der Waals surface area contributed by atoms with Crippen molar-refractivity contribution in [1.82, 2.24) is 4.90 Å². The number of halogens is 7. The van der Waals surface area contributed by atoms with Crippen LogP contribution in [0.15, 0.2) is 72.8 Å². The Labute approximate surface area is 228 Å². The van der Waals surface area contributed by atoms with Gasteiger partial charge in [0.25, 0.3) is 0 Å². The van der Waals surface area contributed by atoms with Crippen molar-refractivity contribution >= 4 is 0 Å². The van der Waals surface area contributed by atoms with Crippen LogP contribution in [-0.2, 0) is 23.6 Å². The summed E-state index contributed by atoms with van der Waals surface area (Å²) in [6.07, 6.45) is -9.93. The van der Waals surface area contributed by atoms with E-state index < -0.39 is 35.7 Å². The number of benzene rings is 3. The van der Waals surface area contributed by atoms with E-state index in [1.807, 2.05) is 18.2 Å². The maximum absolute atomic E-state index is 13.8. The first-order valence-corrected chi connectivity index (χ1v) is 13.3. The van der Waals surface area contributed by atoms with Gasteiger partial charge in [0.05, 0.1) is 23.3 Å². The molecule has 9 heteroatoms. The van der Waals surface area contributed by atoms with Gasteiger partial charge < -0.3 is 4.74 Å². The van der Waals surface area contributed by atoms with Crippen molar-refractivity contribution in [3.63, 3.8) is 0 Å². The highest BCUT2D eigenvalue weighted by Gasteiger charge is 2.46. The lowest BCUT2D eigenvalue weighted by Gasteiger charge is -2.41. The van der Waals surface area contributed by atoms with E-state index in [4.69, 9.17) is 4.74 Å². The Balaban J connectivity index is 1.42. The third-order valence-corrected chi connectivity index (χ3v) is 8.21. The molecule has 0 radical (unpaired) electrons. The summed E-state index contributed by atoms with van der Waals surface area (Å²) in [6, 6.07) is 17.8. The molecule has 0 bridgehead atoms. The van der Waals surface area contributed by atoms with Crippen LogP contribution in [0, 0.1) is 17.7 Å². The number of alkyl halides is 6. The van der Waals surface area contributed by atoms with Gasteiger partial charge >= 0.3 is 12.4 Å². The van der Waals surface area contributed by atoms with Crippen LogP contribution < -0.4 is 0 Å². The van der Waals surface area contributed by atoms with E-state index in [-0.39, 0.29) is 29.3 Å². The quantitative estimate of drug-likeness (QED) is 0.278. The molecule has 5 rings (SSSR count). The van der Waals surface area contributed by atoms with E-state index in [9.17, 15) is 30.7 Å². The number of likely N-dealkylation sites (tertiary alicyclic amines) is 1. The molecule has 5 atom stereocenters. The van der Waals surface area contributed by atoms with Gasteiger partial charge in [0.2, 0.25) is 0 Å². The Hall–Kier alpha value is -2.91. The second kappa shape index (κ2) is 11.2. The van der Waals surface area contributed by atoms with E-state index in [2.05, 4.69) is 17.0 Å². The van der Waals surface area contributed by atoms with Crippen LogP contribution in [0.1, 0.15) is 59.6 Å². The minimum Gasteiger partial charge on any atom is -0.370 e. The molecular formula is C31H30F7NO. The number of ether oxygens (including phenoxy) is 1. The Bertz CT molecular complexity index is 1260. The molecule has 1 heterocycles. The van der Waals surface area contributed by atoms with Crippen LogP contribution in [0.3, 0.4) is 0 Å². The standard InChI is InChI=1S/C31H30F7NO/c1-19(23-13-24(30(33,34)35)15-25(14-23)31(36,37)38)40-28-12-9-22-17-39(16-20-5-3-2-4-6-20)18-27(22)29(28)21-7-10-26(32)11-8-21/h2-8,10-11,13-15,19,22,27-29H,9,12,16-18H2,1H3. The first kappa shape index (κ1) is 28.6. The van der Waals surface area contributed by atoms with Gasteiger partial charge in [0.15, 0.2) is 0 Å². The SMILES string of the molecule is CC(OC1CCC2CN(Cc3ccccc3)CC2C1c1ccc(F)cc1)c1cc(C(F)(F)F)cc(C(F)(F)F)c1. The van der Waals surface area contributed by atoms with Gasteiger partial charge in [-0.2, -0.15) is 26.3 Å². The van der Waals surface area contributed by atoms with Crippen LogP contribution in [0.2, 0.25) is 0 Å². The Morgan fingerprint density at radius 1 is 0.825 bits per heavy atom. The maximum atomic E-state index is 13.8. The summed E-state index contributed by atoms with van der Waals surface area (Å²) >= 11 is 0. The normalized spacial score (nSPS) is 24.6. The zero-order chi connectivity index (χ0) is 28.7. The predicted octanol–water partition coefficient (Wildman–Crippen LogP) is 8.64. The fourth-order valence-electron chi connectivity index (χ4n) is 6.36. The molecule has 40 heavy (non-hydrogen) atoms. The summed E-state index contributed by atoms with van der Waals surface area (Å²) in [5.41, 5.74) is -0.863. The average molecular weight is 566 g/mol. The van der Waals surface area contributed by atoms with Gasteiger partial charge in [0, 0.05) is 25.6 Å². The molecule has 0 aromatic heterocycles. The molecule has 0 amide bonds. The summed E-state index contributed by atoms with van der Waals surface area (Å²) < 4.78 is 101.